The number of sulfonamides is 1. The van der Waals surface area contributed by atoms with Crippen molar-refractivity contribution in [2.45, 2.75) is 16.7 Å². The Labute approximate surface area is 137 Å². The summed E-state index contributed by atoms with van der Waals surface area (Å²) in [4.78, 5) is 1.04. The molecule has 0 aliphatic rings. The molecule has 0 unspecified atom stereocenters. The van der Waals surface area contributed by atoms with Crippen molar-refractivity contribution < 1.29 is 8.42 Å². The molecule has 112 valence electrons. The summed E-state index contributed by atoms with van der Waals surface area (Å²) in [5.74, 6) is 0.865. The van der Waals surface area contributed by atoms with Crippen LogP contribution < -0.4 is 10.5 Å². The van der Waals surface area contributed by atoms with Crippen molar-refractivity contribution in [3.05, 3.63) is 46.9 Å². The molecule has 0 radical (unpaired) electrons. The zero-order valence-corrected chi connectivity index (χ0v) is 14.6. The van der Waals surface area contributed by atoms with E-state index in [0.717, 1.165) is 10.6 Å². The van der Waals surface area contributed by atoms with Crippen molar-refractivity contribution in [3.63, 3.8) is 0 Å². The summed E-state index contributed by atoms with van der Waals surface area (Å²) in [7, 11) is -3.66. The Balaban J connectivity index is 2.35. The minimum Gasteiger partial charge on any atom is -0.398 e. The highest BCUT2D eigenvalue weighted by molar-refractivity contribution is 9.10. The van der Waals surface area contributed by atoms with Gasteiger partial charge in [0.05, 0.1) is 10.6 Å². The average Bonchev–Trinajstić information content (AvgIpc) is 2.44. The highest BCUT2D eigenvalue weighted by Gasteiger charge is 2.16. The zero-order chi connectivity index (χ0) is 15.5. The van der Waals surface area contributed by atoms with E-state index >= 15 is 0 Å². The number of nitrogens with one attached hydrogen (secondary N) is 1. The Morgan fingerprint density at radius 3 is 2.62 bits per heavy atom. The third kappa shape index (κ3) is 3.93. The lowest BCUT2D eigenvalue weighted by atomic mass is 10.3. The van der Waals surface area contributed by atoms with E-state index in [0.29, 0.717) is 15.8 Å². The number of benzene rings is 2. The molecule has 0 heterocycles. The second-order valence-electron chi connectivity index (χ2n) is 4.22. The predicted octanol–water partition coefficient (Wildman–Crippen LogP) is 3.94. The fourth-order valence-corrected chi connectivity index (χ4v) is 3.91. The summed E-state index contributed by atoms with van der Waals surface area (Å²) in [5, 5.41) is 0. The number of nitrogen functional groups attached to an aromatic ring is 1. The smallest absolute Gasteiger partial charge is 0.262 e. The molecule has 21 heavy (non-hydrogen) atoms. The molecule has 2 aromatic carbocycles. The minimum absolute atomic E-state index is 0.138. The quantitative estimate of drug-likeness (QED) is 0.602. The van der Waals surface area contributed by atoms with E-state index in [1.807, 2.05) is 19.1 Å². The SMILES string of the molecule is CCSc1ccccc1NS(=O)(=O)c1ccc(Br)c(N)c1. The number of anilines is 2. The van der Waals surface area contributed by atoms with E-state index in [2.05, 4.69) is 20.7 Å². The molecule has 0 atom stereocenters. The molecular formula is C14H15BrN2O2S2. The van der Waals surface area contributed by atoms with Gasteiger partial charge in [0.2, 0.25) is 0 Å². The van der Waals surface area contributed by atoms with Gasteiger partial charge in [-0.15, -0.1) is 11.8 Å². The lowest BCUT2D eigenvalue weighted by Crippen LogP contribution is -2.13. The first-order valence-electron chi connectivity index (χ1n) is 6.23. The fraction of sp³-hybridized carbons (Fsp3) is 0.143. The minimum atomic E-state index is -3.66. The molecule has 4 nitrogen and oxygen atoms in total. The Bertz CT molecular complexity index is 748. The first-order chi connectivity index (χ1) is 9.94. The van der Waals surface area contributed by atoms with Gasteiger partial charge in [-0.2, -0.15) is 0 Å². The van der Waals surface area contributed by atoms with Gasteiger partial charge >= 0.3 is 0 Å². The van der Waals surface area contributed by atoms with Gasteiger partial charge in [-0.1, -0.05) is 19.1 Å². The van der Waals surface area contributed by atoms with Gasteiger partial charge in [-0.05, 0) is 52.0 Å². The van der Waals surface area contributed by atoms with E-state index in [4.69, 9.17) is 5.73 Å². The summed E-state index contributed by atoms with van der Waals surface area (Å²) in [5.41, 5.74) is 6.70. The van der Waals surface area contributed by atoms with E-state index in [1.165, 1.54) is 12.1 Å². The molecule has 0 aromatic heterocycles. The number of thioether (sulfide) groups is 1. The first-order valence-corrected chi connectivity index (χ1v) is 9.50. The first kappa shape index (κ1) is 16.2. The van der Waals surface area contributed by atoms with Crippen LogP contribution in [0.4, 0.5) is 11.4 Å². The van der Waals surface area contributed by atoms with Gasteiger partial charge < -0.3 is 5.73 Å². The Hall–Kier alpha value is -1.18. The van der Waals surface area contributed by atoms with Crippen molar-refractivity contribution in [2.75, 3.05) is 16.2 Å². The maximum absolute atomic E-state index is 12.4. The number of nitrogens with two attached hydrogens (primary N) is 1. The topological polar surface area (TPSA) is 72.2 Å². The molecule has 0 bridgehead atoms. The standard InChI is InChI=1S/C14H15BrN2O2S2/c1-2-20-14-6-4-3-5-13(14)17-21(18,19)10-7-8-11(15)12(16)9-10/h3-9,17H,2,16H2,1H3. The van der Waals surface area contributed by atoms with Crippen LogP contribution in [0.3, 0.4) is 0 Å². The number of hydrogen-bond donors (Lipinski definition) is 2. The number of para-hydroxylation sites is 1. The lowest BCUT2D eigenvalue weighted by molar-refractivity contribution is 0.601. The van der Waals surface area contributed by atoms with Gasteiger partial charge in [-0.3, -0.25) is 4.72 Å². The van der Waals surface area contributed by atoms with Crippen molar-refractivity contribution in [2.24, 2.45) is 0 Å². The molecule has 3 N–H and O–H groups in total. The summed E-state index contributed by atoms with van der Waals surface area (Å²) < 4.78 is 28.1. The summed E-state index contributed by atoms with van der Waals surface area (Å²) in [6.45, 7) is 2.02. The van der Waals surface area contributed by atoms with E-state index in [9.17, 15) is 8.42 Å². The Morgan fingerprint density at radius 2 is 1.95 bits per heavy atom. The maximum atomic E-state index is 12.4. The third-order valence-electron chi connectivity index (χ3n) is 2.71. The normalized spacial score (nSPS) is 11.3. The average molecular weight is 387 g/mol. The van der Waals surface area contributed by atoms with Crippen LogP contribution >= 0.6 is 27.7 Å². The highest BCUT2D eigenvalue weighted by Crippen LogP contribution is 2.29. The number of hydrogen-bond acceptors (Lipinski definition) is 4. The summed E-state index contributed by atoms with van der Waals surface area (Å²) in [6, 6.07) is 11.9. The fourth-order valence-electron chi connectivity index (χ4n) is 1.73. The molecule has 7 heteroatoms. The highest BCUT2D eigenvalue weighted by atomic mass is 79.9. The van der Waals surface area contributed by atoms with Crippen LogP contribution in [0.25, 0.3) is 0 Å². The molecule has 0 amide bonds. The van der Waals surface area contributed by atoms with Crippen LogP contribution in [0, 0.1) is 0 Å². The molecule has 0 saturated carbocycles. The summed E-state index contributed by atoms with van der Waals surface area (Å²) in [6.07, 6.45) is 0. The van der Waals surface area contributed by atoms with Gasteiger partial charge in [0.25, 0.3) is 10.0 Å². The maximum Gasteiger partial charge on any atom is 0.262 e. The van der Waals surface area contributed by atoms with Crippen molar-refractivity contribution in [3.8, 4) is 0 Å². The second kappa shape index (κ2) is 6.72. The van der Waals surface area contributed by atoms with Crippen LogP contribution in [0.2, 0.25) is 0 Å². The third-order valence-corrected chi connectivity index (χ3v) is 5.75. The van der Waals surface area contributed by atoms with Crippen molar-refractivity contribution in [1.82, 2.24) is 0 Å². The molecule has 0 saturated heterocycles. The second-order valence-corrected chi connectivity index (χ2v) is 8.06. The molecule has 0 fully saturated rings. The lowest BCUT2D eigenvalue weighted by Gasteiger charge is -2.12. The van der Waals surface area contributed by atoms with Crippen molar-refractivity contribution in [1.29, 1.82) is 0 Å². The van der Waals surface area contributed by atoms with Gasteiger partial charge in [0, 0.05) is 15.1 Å². The molecule has 0 aliphatic carbocycles. The van der Waals surface area contributed by atoms with Crippen LogP contribution in [0.5, 0.6) is 0 Å². The van der Waals surface area contributed by atoms with E-state index in [-0.39, 0.29) is 4.90 Å². The molecule has 2 aromatic rings. The van der Waals surface area contributed by atoms with Crippen LogP contribution in [-0.2, 0) is 10.0 Å². The van der Waals surface area contributed by atoms with Gasteiger partial charge in [0.1, 0.15) is 0 Å². The number of halogens is 1. The zero-order valence-electron chi connectivity index (χ0n) is 11.3. The molecule has 2 rings (SSSR count). The predicted molar refractivity (Wildman–Crippen MR) is 92.2 cm³/mol. The monoisotopic (exact) mass is 386 g/mol. The number of rotatable bonds is 5. The summed E-state index contributed by atoms with van der Waals surface area (Å²) >= 11 is 4.84. The van der Waals surface area contributed by atoms with Gasteiger partial charge in [-0.25, -0.2) is 8.42 Å². The van der Waals surface area contributed by atoms with Crippen LogP contribution in [-0.4, -0.2) is 14.2 Å². The van der Waals surface area contributed by atoms with Crippen LogP contribution in [0.1, 0.15) is 6.92 Å². The van der Waals surface area contributed by atoms with E-state index < -0.39 is 10.0 Å². The Kier molecular flexibility index (Phi) is 5.18. The van der Waals surface area contributed by atoms with Gasteiger partial charge in [0.15, 0.2) is 0 Å². The molecule has 0 spiro atoms. The molecule has 0 aliphatic heterocycles. The van der Waals surface area contributed by atoms with Crippen LogP contribution in [0.15, 0.2) is 56.7 Å². The van der Waals surface area contributed by atoms with E-state index in [1.54, 1.807) is 30.0 Å². The Morgan fingerprint density at radius 1 is 1.24 bits per heavy atom. The largest absolute Gasteiger partial charge is 0.398 e. The molecular weight excluding hydrogens is 372 g/mol. The van der Waals surface area contributed by atoms with Crippen molar-refractivity contribution >= 4 is 49.1 Å².